The number of benzene rings is 2. The molecule has 4 atom stereocenters. The van der Waals surface area contributed by atoms with Gasteiger partial charge in [0.15, 0.2) is 0 Å². The highest BCUT2D eigenvalue weighted by Gasteiger charge is 2.31. The van der Waals surface area contributed by atoms with Crippen molar-refractivity contribution in [1.29, 1.82) is 0 Å². The number of hydrogen-bond acceptors (Lipinski definition) is 30. The molecule has 0 bridgehead atoms. The summed E-state index contributed by atoms with van der Waals surface area (Å²) in [5.41, 5.74) is 6.88. The molecule has 36 nitrogen and oxygen atoms in total. The van der Waals surface area contributed by atoms with E-state index in [4.69, 9.17) is 93.8 Å². The van der Waals surface area contributed by atoms with Crippen molar-refractivity contribution >= 4 is 105 Å². The van der Waals surface area contributed by atoms with Gasteiger partial charge < -0.3 is 99.6 Å². The van der Waals surface area contributed by atoms with E-state index in [-0.39, 0.29) is 46.8 Å². The SMILES string of the molecule is C1COCCN1.C=CC(=O)Nc1ccc(C(=O)N2CCC[C@@H](Cc3nccc(N4CCOCC4)n3)C2)cc1.C=CC(=O)Nc1ccc(C(=O)O)cc1.CC(C)(C)OC(=O)N1CCC[C@@H](Cc2nccc(N3CCOCC3)n2)C1.CC(C)(C)OC(=O)N1CCC[C@@H](N)C1.Clc1ccnc(Cl)n1.Clc1nccc(N2CCOCC2)n1.c1cc(N2CCOCC2)nc(C[C@@H]2CCCNC2)n1. The van der Waals surface area contributed by atoms with Gasteiger partial charge in [-0.1, -0.05) is 24.8 Å². The average Bonchev–Trinajstić information content (AvgIpc) is 0.850. The summed E-state index contributed by atoms with van der Waals surface area (Å²) in [5, 5.41) is 21.3. The summed E-state index contributed by atoms with van der Waals surface area (Å²) >= 11 is 16.4. The highest BCUT2D eigenvalue weighted by atomic mass is 35.5. The van der Waals surface area contributed by atoms with Gasteiger partial charge in [-0.15, -0.1) is 0 Å². The Morgan fingerprint density at radius 1 is 0.439 bits per heavy atom. The number of morpholine rings is 5. The van der Waals surface area contributed by atoms with Crippen LogP contribution in [0.1, 0.15) is 131 Å². The predicted octanol–water partition coefficient (Wildman–Crippen LogP) is 11.1. The molecule has 0 radical (unpaired) electrons. The van der Waals surface area contributed by atoms with Gasteiger partial charge in [0.25, 0.3) is 5.91 Å². The van der Waals surface area contributed by atoms with Crippen LogP contribution in [0.25, 0.3) is 0 Å². The number of carbonyl (C=O) groups is 6. The maximum atomic E-state index is 13.0. The lowest BCUT2D eigenvalue weighted by Gasteiger charge is -2.34. The number of hydrogen-bond donors (Lipinski definition) is 6. The summed E-state index contributed by atoms with van der Waals surface area (Å²) in [4.78, 5) is 127. The number of nitrogens with two attached hydrogens (primary N) is 1. The molecule has 9 saturated heterocycles. The molecule has 2 aromatic carbocycles. The molecule has 0 unspecified atom stereocenters. The van der Waals surface area contributed by atoms with Crippen LogP contribution in [0.4, 0.5) is 44.2 Å². The second-order valence-electron chi connectivity index (χ2n) is 34.3. The number of carboxylic acids is 1. The summed E-state index contributed by atoms with van der Waals surface area (Å²) in [5.74, 6) is 6.33. The molecule has 9 aliphatic rings. The highest BCUT2D eigenvalue weighted by molar-refractivity contribution is 6.31. The van der Waals surface area contributed by atoms with E-state index in [9.17, 15) is 28.8 Å². The number of rotatable bonds is 16. The number of carboxylic acid groups (broad SMARTS) is 1. The minimum absolute atomic E-state index is 0.0132. The normalized spacial score (nSPS) is 19.2. The number of aromatic nitrogens is 10. The second kappa shape index (κ2) is 56.5. The van der Waals surface area contributed by atoms with E-state index in [1.54, 1.807) is 41.4 Å². The molecule has 0 spiro atoms. The number of aromatic carboxylic acids is 1. The van der Waals surface area contributed by atoms with Crippen LogP contribution >= 0.6 is 34.8 Å². The van der Waals surface area contributed by atoms with Gasteiger partial charge in [0.1, 0.15) is 57.1 Å². The van der Waals surface area contributed by atoms with E-state index >= 15 is 0 Å². The maximum Gasteiger partial charge on any atom is 0.410 e. The van der Waals surface area contributed by atoms with Gasteiger partial charge in [-0.25, -0.2) is 64.2 Å². The fourth-order valence-electron chi connectivity index (χ4n) is 15.0. The minimum Gasteiger partial charge on any atom is -0.478 e. The van der Waals surface area contributed by atoms with Crippen molar-refractivity contribution in [1.82, 2.24) is 75.2 Å². The lowest BCUT2D eigenvalue weighted by Crippen LogP contribution is -2.47. The van der Waals surface area contributed by atoms with Crippen molar-refractivity contribution in [2.24, 2.45) is 23.5 Å². The number of likely N-dealkylation sites (tertiary alicyclic amines) is 3. The molecule has 7 aromatic rings. The third-order valence-corrected chi connectivity index (χ3v) is 22.1. The fraction of sp³-hybridized carbons (Fsp3) is 0.548. The van der Waals surface area contributed by atoms with E-state index < -0.39 is 17.2 Å². The topological polar surface area (TPSA) is 413 Å². The third kappa shape index (κ3) is 39.7. The van der Waals surface area contributed by atoms with E-state index in [0.29, 0.717) is 64.8 Å². The van der Waals surface area contributed by atoms with Crippen LogP contribution in [-0.2, 0) is 62.0 Å². The third-order valence-electron chi connectivity index (χ3n) is 21.5. The van der Waals surface area contributed by atoms with Gasteiger partial charge in [0.05, 0.1) is 71.6 Å². The summed E-state index contributed by atoms with van der Waals surface area (Å²) in [6, 6.07) is 22.3. The van der Waals surface area contributed by atoms with Gasteiger partial charge >= 0.3 is 18.2 Å². The molecule has 7 N–H and O–H groups in total. The van der Waals surface area contributed by atoms with Gasteiger partial charge in [0, 0.05) is 178 Å². The van der Waals surface area contributed by atoms with Crippen LogP contribution in [0.15, 0.2) is 135 Å². The number of halogens is 3. The number of nitrogens with zero attached hydrogens (tertiary/aromatic N) is 17. The van der Waals surface area contributed by atoms with Gasteiger partial charge in [-0.05, 0) is 238 Å². The van der Waals surface area contributed by atoms with E-state index in [1.807, 2.05) is 94.2 Å². The van der Waals surface area contributed by atoms with E-state index in [0.717, 1.165) is 269 Å². The van der Waals surface area contributed by atoms with Crippen molar-refractivity contribution in [2.75, 3.05) is 214 Å². The molecule has 5 aromatic heterocycles. The second-order valence-corrected chi connectivity index (χ2v) is 35.3. The zero-order valence-electron chi connectivity index (χ0n) is 76.9. The Morgan fingerprint density at radius 3 is 1.16 bits per heavy atom. The average molecular weight is 1890 g/mol. The molecule has 39 heteroatoms. The first-order valence-electron chi connectivity index (χ1n) is 45.3. The molecule has 0 aliphatic carbocycles. The molecule has 9 aliphatic heterocycles. The molecular formula is C93H131Cl3N22O14. The smallest absolute Gasteiger partial charge is 0.410 e. The highest BCUT2D eigenvalue weighted by Crippen LogP contribution is 2.27. The lowest BCUT2D eigenvalue weighted by atomic mass is 9.94. The van der Waals surface area contributed by atoms with Crippen molar-refractivity contribution in [3.05, 3.63) is 179 Å². The van der Waals surface area contributed by atoms with Gasteiger partial charge in [-0.3, -0.25) is 14.4 Å². The van der Waals surface area contributed by atoms with E-state index in [1.165, 1.54) is 49.4 Å². The van der Waals surface area contributed by atoms with Crippen molar-refractivity contribution in [2.45, 2.75) is 129 Å². The van der Waals surface area contributed by atoms with Gasteiger partial charge in [-0.2, -0.15) is 0 Å². The predicted molar refractivity (Wildman–Crippen MR) is 509 cm³/mol. The van der Waals surface area contributed by atoms with Crippen LogP contribution in [-0.4, -0.2) is 307 Å². The van der Waals surface area contributed by atoms with Crippen LogP contribution in [0.2, 0.25) is 15.7 Å². The monoisotopic (exact) mass is 1880 g/mol. The Hall–Kier alpha value is -10.5. The first-order chi connectivity index (χ1) is 63.6. The zero-order chi connectivity index (χ0) is 94.5. The van der Waals surface area contributed by atoms with E-state index in [2.05, 4.69) is 88.9 Å². The molecule has 14 heterocycles. The Balaban J connectivity index is 0.000000177. The lowest BCUT2D eigenvalue weighted by molar-refractivity contribution is -0.112. The minimum atomic E-state index is -0.994. The van der Waals surface area contributed by atoms with Crippen LogP contribution < -0.4 is 46.6 Å². The molecule has 0 saturated carbocycles. The fourth-order valence-corrected chi connectivity index (χ4v) is 15.4. The van der Waals surface area contributed by atoms with Crippen molar-refractivity contribution in [3.63, 3.8) is 0 Å². The maximum absolute atomic E-state index is 13.0. The molecule has 9 fully saturated rings. The molecule has 5 amide bonds. The molecule has 718 valence electrons. The summed E-state index contributed by atoms with van der Waals surface area (Å²) in [6.45, 7) is 41.5. The van der Waals surface area contributed by atoms with Crippen LogP contribution in [0.5, 0.6) is 0 Å². The summed E-state index contributed by atoms with van der Waals surface area (Å²) < 4.78 is 37.2. The number of anilines is 6. The van der Waals surface area contributed by atoms with Crippen molar-refractivity contribution in [3.8, 4) is 0 Å². The molecular weight excluding hydrogens is 1760 g/mol. The quantitative estimate of drug-likeness (QED) is 0.0297. The number of piperidine rings is 4. The number of nitrogens with one attached hydrogen (secondary N) is 4. The number of carbonyl (C=O) groups excluding carboxylic acids is 5. The summed E-state index contributed by atoms with van der Waals surface area (Å²) in [6.07, 6.45) is 21.8. The first-order valence-corrected chi connectivity index (χ1v) is 46.4. The number of ether oxygens (including phenoxy) is 7. The van der Waals surface area contributed by atoms with Crippen LogP contribution in [0.3, 0.4) is 0 Å². The largest absolute Gasteiger partial charge is 0.478 e. The molecule has 16 rings (SSSR count). The standard InChI is InChI=1S/C24H29N5O3.C19H30N4O3.C14H22N4O.C10H20N2O2.C10H9NO3.C8H10ClN3O.C4H2Cl2N2.C4H9NO/c1-2-23(30)26-20-7-5-19(6-8-20)24(31)29-11-3-4-18(17-29)16-21-25-10-9-22(27-21)28-12-14-32-15-13-28;1-19(2,3)26-18(24)23-8-4-5-15(14-23)13-16-20-7-6-17(21-16)22-9-11-25-12-10-22;1-2-12(11-15-4-1)10-13-16-5-3-14(17-13)18-6-8-19-9-7-18;1-10(2,3)14-9(13)12-6-4-5-8(11)7-12;1-2-9(12)11-8-5-3-7(4-6-8)10(13)14;9-8-10-2-1-7(11-8)12-3-5-13-6-4-12;5-3-1-2-7-4(6)8-3;1-3-6-4-2-5-1/h2,5-10,18H,1,3-4,11-17H2,(H,26,30);6-7,15H,4-5,8-14H2,1-3H3;3,5,12,15H,1-2,4,6-11H2;8H,4-7,11H2,1-3H3;2-6H,1H2,(H,11,12)(H,13,14);1-2H,3-6H2;1-2H;5H,1-4H2/t18-;15-;12-;8-;;;;/m0001..../s1. The number of amides is 5. The zero-order valence-corrected chi connectivity index (χ0v) is 79.2. The Morgan fingerprint density at radius 2 is 0.803 bits per heavy atom. The molecule has 132 heavy (non-hydrogen) atoms. The Labute approximate surface area is 789 Å². The van der Waals surface area contributed by atoms with Crippen molar-refractivity contribution < 1.29 is 67.0 Å². The Bertz CT molecular complexity index is 4640. The summed E-state index contributed by atoms with van der Waals surface area (Å²) in [7, 11) is 0. The van der Waals surface area contributed by atoms with Crippen LogP contribution in [0, 0.1) is 17.8 Å². The van der Waals surface area contributed by atoms with Gasteiger partial charge in [0.2, 0.25) is 22.4 Å². The first kappa shape index (κ1) is 105. The Kier molecular flexibility index (Phi) is 45.0.